The van der Waals surface area contributed by atoms with Crippen LogP contribution in [0.5, 0.6) is 0 Å². The van der Waals surface area contributed by atoms with Crippen molar-refractivity contribution >= 4 is 15.9 Å². The van der Waals surface area contributed by atoms with E-state index in [9.17, 15) is 0 Å². The van der Waals surface area contributed by atoms with Crippen LogP contribution in [0.2, 0.25) is 0 Å². The van der Waals surface area contributed by atoms with Gasteiger partial charge in [0.15, 0.2) is 0 Å². The van der Waals surface area contributed by atoms with Crippen molar-refractivity contribution in [2.75, 3.05) is 18.9 Å². The Kier molecular flexibility index (Phi) is 11.8. The zero-order chi connectivity index (χ0) is 13.1. The van der Waals surface area contributed by atoms with Crippen molar-refractivity contribution in [3.63, 3.8) is 0 Å². The van der Waals surface area contributed by atoms with E-state index in [-0.39, 0.29) is 0 Å². The Balaban J connectivity index is 3.27. The maximum absolute atomic E-state index is 3.48. The number of hydrogen-bond donors (Lipinski definition) is 0. The fourth-order valence-corrected chi connectivity index (χ4v) is 2.45. The van der Waals surface area contributed by atoms with Gasteiger partial charge in [0.05, 0.1) is 0 Å². The molecular formula is C15H32BrN. The fourth-order valence-electron chi connectivity index (χ4n) is 2.05. The van der Waals surface area contributed by atoms with Crippen molar-refractivity contribution in [2.24, 2.45) is 5.92 Å². The lowest BCUT2D eigenvalue weighted by Crippen LogP contribution is -2.33. The molecule has 0 aromatic carbocycles. The minimum atomic E-state index is 0.717. The predicted molar refractivity (Wildman–Crippen MR) is 83.0 cm³/mol. The van der Waals surface area contributed by atoms with Crippen molar-refractivity contribution < 1.29 is 0 Å². The predicted octanol–water partition coefficient (Wildman–Crippen LogP) is 5.09. The van der Waals surface area contributed by atoms with Gasteiger partial charge in [-0.1, -0.05) is 61.9 Å². The van der Waals surface area contributed by atoms with Gasteiger partial charge in [0.25, 0.3) is 0 Å². The minimum Gasteiger partial charge on any atom is -0.303 e. The van der Waals surface area contributed by atoms with E-state index < -0.39 is 0 Å². The first-order valence-corrected chi connectivity index (χ1v) is 8.48. The third kappa shape index (κ3) is 10.1. The van der Waals surface area contributed by atoms with Crippen LogP contribution in [-0.4, -0.2) is 29.9 Å². The van der Waals surface area contributed by atoms with Gasteiger partial charge in [0.1, 0.15) is 0 Å². The summed E-state index contributed by atoms with van der Waals surface area (Å²) in [6, 6.07) is 0.717. The highest BCUT2D eigenvalue weighted by Gasteiger charge is 2.11. The van der Waals surface area contributed by atoms with Gasteiger partial charge in [-0.25, -0.2) is 0 Å². The summed E-state index contributed by atoms with van der Waals surface area (Å²) in [5.74, 6) is 0.768. The summed E-state index contributed by atoms with van der Waals surface area (Å²) in [5, 5.41) is 1.17. The van der Waals surface area contributed by atoms with Gasteiger partial charge in [-0.15, -0.1) is 0 Å². The Hall–Kier alpha value is 0.440. The van der Waals surface area contributed by atoms with E-state index >= 15 is 0 Å². The summed E-state index contributed by atoms with van der Waals surface area (Å²) >= 11 is 3.48. The van der Waals surface area contributed by atoms with Crippen molar-refractivity contribution in [2.45, 2.75) is 71.8 Å². The Morgan fingerprint density at radius 3 is 1.76 bits per heavy atom. The first kappa shape index (κ1) is 17.4. The smallest absolute Gasteiger partial charge is 0.00868 e. The molecule has 0 aliphatic carbocycles. The fraction of sp³-hybridized carbons (Fsp3) is 1.00. The molecule has 0 aliphatic rings. The average Bonchev–Trinajstić information content (AvgIpc) is 2.31. The van der Waals surface area contributed by atoms with Gasteiger partial charge in [0, 0.05) is 11.4 Å². The van der Waals surface area contributed by atoms with Crippen molar-refractivity contribution in [1.29, 1.82) is 0 Å². The molecule has 1 unspecified atom stereocenters. The lowest BCUT2D eigenvalue weighted by atomic mass is 10.0. The highest BCUT2D eigenvalue weighted by Crippen LogP contribution is 2.11. The van der Waals surface area contributed by atoms with Crippen LogP contribution in [0.1, 0.15) is 65.7 Å². The van der Waals surface area contributed by atoms with E-state index in [0.717, 1.165) is 5.92 Å². The Morgan fingerprint density at radius 2 is 1.29 bits per heavy atom. The molecule has 0 saturated heterocycles. The summed E-state index contributed by atoms with van der Waals surface area (Å²) in [6.45, 7) is 8.22. The molecule has 0 spiro atoms. The standard InChI is InChI=1S/C15H32BrN/c1-14(2)15(3)17(4)13-11-9-7-5-6-8-10-12-16/h14-15H,5-13H2,1-4H3. The van der Waals surface area contributed by atoms with Crippen LogP contribution in [0, 0.1) is 5.92 Å². The van der Waals surface area contributed by atoms with Gasteiger partial charge in [-0.2, -0.15) is 0 Å². The molecule has 0 saturated carbocycles. The minimum absolute atomic E-state index is 0.717. The lowest BCUT2D eigenvalue weighted by Gasteiger charge is -2.27. The number of unbranched alkanes of at least 4 members (excludes halogenated alkanes) is 6. The quantitative estimate of drug-likeness (QED) is 0.380. The highest BCUT2D eigenvalue weighted by molar-refractivity contribution is 9.09. The van der Waals surface area contributed by atoms with E-state index in [4.69, 9.17) is 0 Å². The normalized spacial score (nSPS) is 13.6. The molecule has 0 aromatic heterocycles. The monoisotopic (exact) mass is 305 g/mol. The van der Waals surface area contributed by atoms with Gasteiger partial charge in [-0.05, 0) is 39.3 Å². The summed E-state index contributed by atoms with van der Waals surface area (Å²) < 4.78 is 0. The summed E-state index contributed by atoms with van der Waals surface area (Å²) in [5.41, 5.74) is 0. The molecule has 0 radical (unpaired) electrons. The second-order valence-corrected chi connectivity index (χ2v) is 6.42. The van der Waals surface area contributed by atoms with Crippen LogP contribution in [0.4, 0.5) is 0 Å². The van der Waals surface area contributed by atoms with E-state index in [2.05, 4.69) is 48.6 Å². The maximum atomic E-state index is 3.48. The largest absolute Gasteiger partial charge is 0.303 e. The molecule has 1 nitrogen and oxygen atoms in total. The molecule has 0 heterocycles. The Morgan fingerprint density at radius 1 is 0.824 bits per heavy atom. The van der Waals surface area contributed by atoms with Crippen LogP contribution < -0.4 is 0 Å². The molecule has 0 fully saturated rings. The first-order chi connectivity index (χ1) is 8.09. The highest BCUT2D eigenvalue weighted by atomic mass is 79.9. The first-order valence-electron chi connectivity index (χ1n) is 7.35. The molecular weight excluding hydrogens is 274 g/mol. The molecule has 0 aromatic rings. The third-order valence-corrected chi connectivity index (χ3v) is 4.37. The van der Waals surface area contributed by atoms with Crippen LogP contribution in [0.15, 0.2) is 0 Å². The molecule has 0 bridgehead atoms. The van der Waals surface area contributed by atoms with Crippen LogP contribution in [-0.2, 0) is 0 Å². The third-order valence-electron chi connectivity index (χ3n) is 3.80. The summed E-state index contributed by atoms with van der Waals surface area (Å²) in [7, 11) is 2.26. The number of halogens is 1. The van der Waals surface area contributed by atoms with E-state index in [1.54, 1.807) is 0 Å². The topological polar surface area (TPSA) is 3.24 Å². The van der Waals surface area contributed by atoms with Gasteiger partial charge < -0.3 is 4.90 Å². The zero-order valence-electron chi connectivity index (χ0n) is 12.3. The average molecular weight is 306 g/mol. The van der Waals surface area contributed by atoms with Crippen molar-refractivity contribution in [3.05, 3.63) is 0 Å². The van der Waals surface area contributed by atoms with Gasteiger partial charge >= 0.3 is 0 Å². The Labute approximate surface area is 117 Å². The number of alkyl halides is 1. The molecule has 0 N–H and O–H groups in total. The maximum Gasteiger partial charge on any atom is 0.00868 e. The Bertz CT molecular complexity index is 159. The molecule has 104 valence electrons. The second kappa shape index (κ2) is 11.5. The van der Waals surface area contributed by atoms with E-state index in [1.165, 1.54) is 56.8 Å². The summed E-state index contributed by atoms with van der Waals surface area (Å²) in [6.07, 6.45) is 9.78. The van der Waals surface area contributed by atoms with Crippen molar-refractivity contribution in [3.8, 4) is 0 Å². The van der Waals surface area contributed by atoms with Crippen molar-refractivity contribution in [1.82, 2.24) is 4.90 Å². The molecule has 1 atom stereocenters. The van der Waals surface area contributed by atoms with Crippen LogP contribution >= 0.6 is 15.9 Å². The molecule has 0 amide bonds. The molecule has 17 heavy (non-hydrogen) atoms. The SMILES string of the molecule is CC(C)C(C)N(C)CCCCCCCCCBr. The number of hydrogen-bond acceptors (Lipinski definition) is 1. The molecule has 2 heteroatoms. The number of nitrogens with zero attached hydrogens (tertiary/aromatic N) is 1. The zero-order valence-corrected chi connectivity index (χ0v) is 13.9. The lowest BCUT2D eigenvalue weighted by molar-refractivity contribution is 0.204. The van der Waals surface area contributed by atoms with Crippen LogP contribution in [0.25, 0.3) is 0 Å². The molecule has 0 rings (SSSR count). The van der Waals surface area contributed by atoms with Gasteiger partial charge in [-0.3, -0.25) is 0 Å². The van der Waals surface area contributed by atoms with E-state index in [1.807, 2.05) is 0 Å². The van der Waals surface area contributed by atoms with E-state index in [0.29, 0.717) is 6.04 Å². The second-order valence-electron chi connectivity index (χ2n) is 5.63. The van der Waals surface area contributed by atoms with Gasteiger partial charge in [0.2, 0.25) is 0 Å². The number of rotatable bonds is 11. The van der Waals surface area contributed by atoms with Crippen LogP contribution in [0.3, 0.4) is 0 Å². The summed E-state index contributed by atoms with van der Waals surface area (Å²) in [4.78, 5) is 2.51. The molecule has 0 aliphatic heterocycles.